The molecule has 0 aliphatic rings. The molecule has 0 heterocycles. The SMILES string of the molecule is CCCC.O=P(O)(O)O. The Bertz CT molecular complexity index is 76.3. The normalized spacial score (nSPS) is 9.89. The highest BCUT2D eigenvalue weighted by molar-refractivity contribution is 7.45. The molecule has 0 spiro atoms. The van der Waals surface area contributed by atoms with Crippen molar-refractivity contribution in [3.63, 3.8) is 0 Å². The summed E-state index contributed by atoms with van der Waals surface area (Å²) in [6, 6.07) is 0. The first-order valence-corrected chi connectivity index (χ1v) is 4.26. The summed E-state index contributed by atoms with van der Waals surface area (Å²) in [4.78, 5) is 21.6. The molecule has 0 aromatic carbocycles. The molecular weight excluding hydrogens is 143 g/mol. The summed E-state index contributed by atoms with van der Waals surface area (Å²) >= 11 is 0. The summed E-state index contributed by atoms with van der Waals surface area (Å²) in [6.45, 7) is 4.36. The van der Waals surface area contributed by atoms with Crippen LogP contribution in [0.4, 0.5) is 0 Å². The van der Waals surface area contributed by atoms with Crippen LogP contribution in [0.2, 0.25) is 0 Å². The fraction of sp³-hybridized carbons (Fsp3) is 1.00. The minimum absolute atomic E-state index is 1.32. The number of phosphoric acid groups is 1. The van der Waals surface area contributed by atoms with Gasteiger partial charge in [0, 0.05) is 0 Å². The number of unbranched alkanes of at least 4 members (excludes halogenated alkanes) is 1. The van der Waals surface area contributed by atoms with E-state index in [9.17, 15) is 0 Å². The van der Waals surface area contributed by atoms with Crippen molar-refractivity contribution >= 4 is 7.82 Å². The molecule has 0 amide bonds. The maximum atomic E-state index is 8.88. The zero-order chi connectivity index (χ0) is 7.91. The van der Waals surface area contributed by atoms with Gasteiger partial charge in [-0.2, -0.15) is 0 Å². The van der Waals surface area contributed by atoms with Crippen LogP contribution in [0.5, 0.6) is 0 Å². The largest absolute Gasteiger partial charge is 0.466 e. The van der Waals surface area contributed by atoms with E-state index in [0.29, 0.717) is 0 Å². The molecule has 0 aliphatic heterocycles. The Balaban J connectivity index is 0. The number of hydrogen-bond acceptors (Lipinski definition) is 1. The van der Waals surface area contributed by atoms with Gasteiger partial charge in [0.1, 0.15) is 0 Å². The second-order valence-electron chi connectivity index (χ2n) is 1.51. The highest BCUT2D eigenvalue weighted by Gasteiger charge is 2.00. The van der Waals surface area contributed by atoms with Crippen molar-refractivity contribution in [2.45, 2.75) is 26.7 Å². The fourth-order valence-electron chi connectivity index (χ4n) is 0. The third-order valence-electron chi connectivity index (χ3n) is 0.500. The van der Waals surface area contributed by atoms with E-state index < -0.39 is 7.82 Å². The van der Waals surface area contributed by atoms with E-state index in [1.165, 1.54) is 12.8 Å². The third kappa shape index (κ3) is 246. The van der Waals surface area contributed by atoms with E-state index >= 15 is 0 Å². The predicted molar refractivity (Wildman–Crippen MR) is 34.8 cm³/mol. The summed E-state index contributed by atoms with van der Waals surface area (Å²) in [5.41, 5.74) is 0. The average molecular weight is 156 g/mol. The van der Waals surface area contributed by atoms with Crippen molar-refractivity contribution in [2.24, 2.45) is 0 Å². The number of rotatable bonds is 1. The van der Waals surface area contributed by atoms with Gasteiger partial charge in [0.25, 0.3) is 0 Å². The van der Waals surface area contributed by atoms with E-state index in [2.05, 4.69) is 13.8 Å². The molecule has 0 saturated heterocycles. The summed E-state index contributed by atoms with van der Waals surface area (Å²) in [7, 11) is -4.64. The van der Waals surface area contributed by atoms with E-state index in [1.807, 2.05) is 0 Å². The Hall–Kier alpha value is 0.110. The summed E-state index contributed by atoms with van der Waals surface area (Å²) < 4.78 is 8.88. The zero-order valence-corrected chi connectivity index (χ0v) is 6.51. The average Bonchev–Trinajstić information content (AvgIpc) is 1.61. The maximum Gasteiger partial charge on any atom is 0.466 e. The minimum atomic E-state index is -4.64. The van der Waals surface area contributed by atoms with Gasteiger partial charge in [-0.3, -0.25) is 0 Å². The second-order valence-corrected chi connectivity index (χ2v) is 2.54. The summed E-state index contributed by atoms with van der Waals surface area (Å²) in [5.74, 6) is 0. The monoisotopic (exact) mass is 156 g/mol. The molecule has 0 unspecified atom stereocenters. The van der Waals surface area contributed by atoms with E-state index in [4.69, 9.17) is 19.2 Å². The Morgan fingerprint density at radius 1 is 1.11 bits per heavy atom. The molecule has 5 heteroatoms. The van der Waals surface area contributed by atoms with Gasteiger partial charge in [0.05, 0.1) is 0 Å². The fourth-order valence-corrected chi connectivity index (χ4v) is 0. The van der Waals surface area contributed by atoms with Gasteiger partial charge in [0.15, 0.2) is 0 Å². The minimum Gasteiger partial charge on any atom is -0.303 e. The van der Waals surface area contributed by atoms with Gasteiger partial charge >= 0.3 is 7.82 Å². The lowest BCUT2D eigenvalue weighted by molar-refractivity contribution is 0.275. The van der Waals surface area contributed by atoms with Crippen molar-refractivity contribution in [1.82, 2.24) is 0 Å². The van der Waals surface area contributed by atoms with Crippen LogP contribution in [0, 0.1) is 0 Å². The van der Waals surface area contributed by atoms with Crippen LogP contribution >= 0.6 is 7.82 Å². The molecule has 0 fully saturated rings. The van der Waals surface area contributed by atoms with E-state index in [-0.39, 0.29) is 0 Å². The highest BCUT2D eigenvalue weighted by atomic mass is 31.2. The molecule has 3 N–H and O–H groups in total. The Kier molecular flexibility index (Phi) is 8.21. The predicted octanol–water partition coefficient (Wildman–Crippen LogP) is 0.878. The van der Waals surface area contributed by atoms with E-state index in [1.54, 1.807) is 0 Å². The lowest BCUT2D eigenvalue weighted by atomic mass is 10.4. The van der Waals surface area contributed by atoms with Gasteiger partial charge < -0.3 is 14.7 Å². The molecule has 0 saturated carbocycles. The molecule has 0 aliphatic carbocycles. The molecule has 0 bridgehead atoms. The quantitative estimate of drug-likeness (QED) is 0.492. The second kappa shape index (κ2) is 6.23. The topological polar surface area (TPSA) is 77.8 Å². The zero-order valence-electron chi connectivity index (χ0n) is 5.61. The lowest BCUT2D eigenvalue weighted by Gasteiger charge is -1.82. The first kappa shape index (κ1) is 11.9. The molecule has 0 aromatic rings. The van der Waals surface area contributed by atoms with Crippen LogP contribution in [-0.4, -0.2) is 14.7 Å². The number of hydrogen-bond donors (Lipinski definition) is 3. The van der Waals surface area contributed by atoms with Gasteiger partial charge in [-0.05, 0) is 0 Å². The molecule has 4 nitrogen and oxygen atoms in total. The first-order chi connectivity index (χ1) is 3.91. The van der Waals surface area contributed by atoms with Crippen molar-refractivity contribution in [3.05, 3.63) is 0 Å². The molecule has 0 aromatic heterocycles. The first-order valence-electron chi connectivity index (χ1n) is 2.70. The molecule has 9 heavy (non-hydrogen) atoms. The standard InChI is InChI=1S/C4H10.H3O4P/c1-3-4-2;1-5(2,3)4/h3-4H2,1-2H3;(H3,1,2,3,4). The molecule has 0 radical (unpaired) electrons. The smallest absolute Gasteiger partial charge is 0.303 e. The van der Waals surface area contributed by atoms with Crippen molar-refractivity contribution in [3.8, 4) is 0 Å². The van der Waals surface area contributed by atoms with E-state index in [0.717, 1.165) is 0 Å². The molecule has 58 valence electrons. The Labute approximate surface area is 54.8 Å². The Morgan fingerprint density at radius 3 is 1.22 bits per heavy atom. The third-order valence-corrected chi connectivity index (χ3v) is 0.500. The highest BCUT2D eigenvalue weighted by Crippen LogP contribution is 2.25. The van der Waals surface area contributed by atoms with Gasteiger partial charge in [-0.15, -0.1) is 0 Å². The van der Waals surface area contributed by atoms with Gasteiger partial charge in [-0.1, -0.05) is 26.7 Å². The van der Waals surface area contributed by atoms with Crippen molar-refractivity contribution < 1.29 is 19.2 Å². The van der Waals surface area contributed by atoms with Gasteiger partial charge in [0.2, 0.25) is 0 Å². The van der Waals surface area contributed by atoms with Crippen LogP contribution in [0.1, 0.15) is 26.7 Å². The van der Waals surface area contributed by atoms with Crippen LogP contribution in [0.3, 0.4) is 0 Å². The van der Waals surface area contributed by atoms with Crippen LogP contribution < -0.4 is 0 Å². The van der Waals surface area contributed by atoms with Crippen LogP contribution in [-0.2, 0) is 4.57 Å². The van der Waals surface area contributed by atoms with Crippen molar-refractivity contribution in [1.29, 1.82) is 0 Å². The summed E-state index contributed by atoms with van der Waals surface area (Å²) in [6.07, 6.45) is 2.64. The van der Waals surface area contributed by atoms with Gasteiger partial charge in [-0.25, -0.2) is 4.57 Å². The molecule has 0 rings (SSSR count). The molecular formula is C4H13O4P. The summed E-state index contributed by atoms with van der Waals surface area (Å²) in [5, 5.41) is 0. The Morgan fingerprint density at radius 2 is 1.22 bits per heavy atom. The van der Waals surface area contributed by atoms with Crippen molar-refractivity contribution in [2.75, 3.05) is 0 Å². The van der Waals surface area contributed by atoms with Crippen LogP contribution in [0.25, 0.3) is 0 Å². The molecule has 0 atom stereocenters. The lowest BCUT2D eigenvalue weighted by Crippen LogP contribution is -1.66. The maximum absolute atomic E-state index is 8.88. The van der Waals surface area contributed by atoms with Crippen LogP contribution in [0.15, 0.2) is 0 Å².